The molecule has 0 aliphatic carbocycles. The first-order valence-corrected chi connectivity index (χ1v) is 6.39. The Morgan fingerprint density at radius 3 is 3.17 bits per heavy atom. The molecular weight excluding hydrogens is 228 g/mol. The number of nitrogens with two attached hydrogens (primary N) is 1. The van der Waals surface area contributed by atoms with Crippen molar-refractivity contribution < 1.29 is 4.79 Å². The Morgan fingerprint density at radius 1 is 1.61 bits per heavy atom. The monoisotopic (exact) mass is 248 g/mol. The van der Waals surface area contributed by atoms with Crippen LogP contribution in [0.5, 0.6) is 0 Å². The summed E-state index contributed by atoms with van der Waals surface area (Å²) in [5, 5.41) is 2.74. The second kappa shape index (κ2) is 5.82. The summed E-state index contributed by atoms with van der Waals surface area (Å²) in [7, 11) is 1.69. The van der Waals surface area contributed by atoms with E-state index in [1.807, 2.05) is 12.1 Å². The minimum atomic E-state index is -0.0724. The molecule has 1 atom stereocenters. The Kier molecular flexibility index (Phi) is 4.15. The Bertz CT molecular complexity index is 421. The van der Waals surface area contributed by atoms with Crippen molar-refractivity contribution in [1.82, 2.24) is 10.3 Å². The lowest BCUT2D eigenvalue weighted by Gasteiger charge is -2.36. The number of likely N-dealkylation sites (N-methyl/N-ethyl adjacent to an activating group) is 1. The van der Waals surface area contributed by atoms with Crippen LogP contribution >= 0.6 is 0 Å². The van der Waals surface area contributed by atoms with E-state index in [0.717, 1.165) is 37.2 Å². The Morgan fingerprint density at radius 2 is 2.44 bits per heavy atom. The van der Waals surface area contributed by atoms with E-state index in [4.69, 9.17) is 5.73 Å². The molecule has 1 aliphatic rings. The fourth-order valence-electron chi connectivity index (χ4n) is 2.44. The highest BCUT2D eigenvalue weighted by atomic mass is 16.2. The minimum Gasteiger partial charge on any atom is -0.359 e. The van der Waals surface area contributed by atoms with Gasteiger partial charge in [-0.1, -0.05) is 0 Å². The third-order valence-electron chi connectivity index (χ3n) is 3.39. The molecule has 0 saturated carbocycles. The maximum atomic E-state index is 11.9. The molecule has 1 aromatic rings. The van der Waals surface area contributed by atoms with Crippen LogP contribution in [0.4, 0.5) is 5.69 Å². The van der Waals surface area contributed by atoms with Crippen LogP contribution in [0.25, 0.3) is 0 Å². The van der Waals surface area contributed by atoms with Crippen molar-refractivity contribution in [3.63, 3.8) is 0 Å². The molecule has 1 amide bonds. The van der Waals surface area contributed by atoms with E-state index in [1.165, 1.54) is 0 Å². The molecule has 1 aromatic heterocycles. The first-order chi connectivity index (χ1) is 8.76. The zero-order valence-corrected chi connectivity index (χ0v) is 10.7. The molecule has 2 heterocycles. The van der Waals surface area contributed by atoms with Crippen molar-refractivity contribution in [3.05, 3.63) is 24.0 Å². The number of pyridine rings is 1. The van der Waals surface area contributed by atoms with Crippen LogP contribution in [0.1, 0.15) is 25.0 Å². The van der Waals surface area contributed by atoms with Gasteiger partial charge in [0.1, 0.15) is 6.04 Å². The largest absolute Gasteiger partial charge is 0.359 e. The lowest BCUT2D eigenvalue weighted by atomic mass is 10.0. The van der Waals surface area contributed by atoms with Gasteiger partial charge in [-0.3, -0.25) is 9.78 Å². The summed E-state index contributed by atoms with van der Waals surface area (Å²) in [6, 6.07) is 3.85. The Hall–Kier alpha value is -1.62. The summed E-state index contributed by atoms with van der Waals surface area (Å²) in [5.74, 6) is 0.0841. The zero-order valence-electron chi connectivity index (χ0n) is 10.7. The van der Waals surface area contributed by atoms with Gasteiger partial charge in [-0.25, -0.2) is 0 Å². The number of hydrogen-bond acceptors (Lipinski definition) is 4. The average Bonchev–Trinajstić information content (AvgIpc) is 2.46. The Labute approximate surface area is 107 Å². The summed E-state index contributed by atoms with van der Waals surface area (Å²) in [6.07, 6.45) is 4.88. The molecule has 5 heteroatoms. The second-order valence-corrected chi connectivity index (χ2v) is 4.53. The van der Waals surface area contributed by atoms with E-state index >= 15 is 0 Å². The summed E-state index contributed by atoms with van der Waals surface area (Å²) in [6.45, 7) is 1.33. The maximum absolute atomic E-state index is 11.9. The number of carbonyl (C=O) groups excluding carboxylic acids is 1. The predicted octanol–water partition coefficient (Wildman–Crippen LogP) is 0.645. The molecule has 18 heavy (non-hydrogen) atoms. The maximum Gasteiger partial charge on any atom is 0.242 e. The van der Waals surface area contributed by atoms with Crippen molar-refractivity contribution in [3.8, 4) is 0 Å². The molecule has 5 nitrogen and oxygen atoms in total. The summed E-state index contributed by atoms with van der Waals surface area (Å²) < 4.78 is 0. The van der Waals surface area contributed by atoms with Crippen LogP contribution in [0.3, 0.4) is 0 Å². The van der Waals surface area contributed by atoms with Crippen LogP contribution < -0.4 is 16.0 Å². The van der Waals surface area contributed by atoms with E-state index in [9.17, 15) is 4.79 Å². The number of hydrogen-bond donors (Lipinski definition) is 2. The number of anilines is 1. The third-order valence-corrected chi connectivity index (χ3v) is 3.39. The van der Waals surface area contributed by atoms with Gasteiger partial charge in [0, 0.05) is 32.0 Å². The smallest absolute Gasteiger partial charge is 0.242 e. The summed E-state index contributed by atoms with van der Waals surface area (Å²) >= 11 is 0. The minimum absolute atomic E-state index is 0.0724. The number of nitrogens with one attached hydrogen (secondary N) is 1. The van der Waals surface area contributed by atoms with E-state index in [2.05, 4.69) is 15.2 Å². The molecule has 0 spiro atoms. The molecule has 1 unspecified atom stereocenters. The van der Waals surface area contributed by atoms with Gasteiger partial charge in [-0.15, -0.1) is 0 Å². The van der Waals surface area contributed by atoms with Crippen LogP contribution in [0.15, 0.2) is 18.3 Å². The van der Waals surface area contributed by atoms with Crippen LogP contribution in [0, 0.1) is 0 Å². The summed E-state index contributed by atoms with van der Waals surface area (Å²) in [5.41, 5.74) is 7.50. The van der Waals surface area contributed by atoms with Gasteiger partial charge in [0.2, 0.25) is 5.91 Å². The average molecular weight is 248 g/mol. The molecular formula is C13H20N4O. The van der Waals surface area contributed by atoms with Gasteiger partial charge in [0.25, 0.3) is 0 Å². The molecule has 0 bridgehead atoms. The van der Waals surface area contributed by atoms with Gasteiger partial charge in [0.15, 0.2) is 0 Å². The van der Waals surface area contributed by atoms with Gasteiger partial charge in [-0.2, -0.15) is 0 Å². The van der Waals surface area contributed by atoms with Crippen molar-refractivity contribution >= 4 is 11.6 Å². The standard InChI is InChI=1S/C13H20N4O/c1-15-13(18)12-4-2-3-7-17(12)11-5-6-16-10(8-11)9-14/h5-6,8,12H,2-4,7,9,14H2,1H3,(H,15,18). The highest BCUT2D eigenvalue weighted by Gasteiger charge is 2.28. The summed E-state index contributed by atoms with van der Waals surface area (Å²) in [4.78, 5) is 18.3. The zero-order chi connectivity index (χ0) is 13.0. The van der Waals surface area contributed by atoms with Crippen molar-refractivity contribution in [2.24, 2.45) is 5.73 Å². The number of amides is 1. The molecule has 1 aliphatic heterocycles. The molecule has 0 aromatic carbocycles. The highest BCUT2D eigenvalue weighted by Crippen LogP contribution is 2.25. The van der Waals surface area contributed by atoms with Gasteiger partial charge in [0.05, 0.1) is 5.69 Å². The quantitative estimate of drug-likeness (QED) is 0.823. The second-order valence-electron chi connectivity index (χ2n) is 4.53. The van der Waals surface area contributed by atoms with Crippen LogP contribution in [0.2, 0.25) is 0 Å². The van der Waals surface area contributed by atoms with Gasteiger partial charge < -0.3 is 16.0 Å². The fraction of sp³-hybridized carbons (Fsp3) is 0.538. The van der Waals surface area contributed by atoms with Crippen molar-refractivity contribution in [2.75, 3.05) is 18.5 Å². The SMILES string of the molecule is CNC(=O)C1CCCCN1c1ccnc(CN)c1. The number of nitrogens with zero attached hydrogens (tertiary/aromatic N) is 2. The fourth-order valence-corrected chi connectivity index (χ4v) is 2.44. The third kappa shape index (κ3) is 2.61. The van der Waals surface area contributed by atoms with E-state index in [-0.39, 0.29) is 11.9 Å². The van der Waals surface area contributed by atoms with Crippen LogP contribution in [-0.4, -0.2) is 30.5 Å². The number of carbonyl (C=O) groups is 1. The van der Waals surface area contributed by atoms with E-state index in [1.54, 1.807) is 13.2 Å². The molecule has 1 saturated heterocycles. The molecule has 1 fully saturated rings. The lowest BCUT2D eigenvalue weighted by molar-refractivity contribution is -0.122. The van der Waals surface area contributed by atoms with Crippen molar-refractivity contribution in [2.45, 2.75) is 31.8 Å². The number of rotatable bonds is 3. The van der Waals surface area contributed by atoms with Crippen LogP contribution in [-0.2, 0) is 11.3 Å². The number of piperidine rings is 1. The lowest BCUT2D eigenvalue weighted by Crippen LogP contribution is -2.48. The number of aromatic nitrogens is 1. The predicted molar refractivity (Wildman–Crippen MR) is 71.2 cm³/mol. The topological polar surface area (TPSA) is 71.2 Å². The van der Waals surface area contributed by atoms with Gasteiger partial charge >= 0.3 is 0 Å². The van der Waals surface area contributed by atoms with E-state index < -0.39 is 0 Å². The van der Waals surface area contributed by atoms with Crippen molar-refractivity contribution in [1.29, 1.82) is 0 Å². The van der Waals surface area contributed by atoms with Gasteiger partial charge in [-0.05, 0) is 31.4 Å². The van der Waals surface area contributed by atoms with E-state index in [0.29, 0.717) is 6.54 Å². The molecule has 2 rings (SSSR count). The first-order valence-electron chi connectivity index (χ1n) is 6.39. The highest BCUT2D eigenvalue weighted by molar-refractivity contribution is 5.85. The molecule has 98 valence electrons. The normalized spacial score (nSPS) is 19.7. The molecule has 0 radical (unpaired) electrons. The molecule has 3 N–H and O–H groups in total. The Balaban J connectivity index is 2.24. The first kappa shape index (κ1) is 12.8.